The van der Waals surface area contributed by atoms with Crippen molar-refractivity contribution in [2.24, 2.45) is 0 Å². The first kappa shape index (κ1) is 14.4. The number of amides is 1. The second-order valence-corrected chi connectivity index (χ2v) is 6.37. The van der Waals surface area contributed by atoms with Crippen LogP contribution in [0.25, 0.3) is 11.0 Å². The predicted molar refractivity (Wildman–Crippen MR) is 84.6 cm³/mol. The van der Waals surface area contributed by atoms with Gasteiger partial charge >= 0.3 is 0 Å². The zero-order chi connectivity index (χ0) is 14.5. The quantitative estimate of drug-likeness (QED) is 0.679. The summed E-state index contributed by atoms with van der Waals surface area (Å²) in [5, 5.41) is 3.79. The van der Waals surface area contributed by atoms with Gasteiger partial charge in [-0.15, -0.1) is 0 Å². The molecule has 0 aliphatic carbocycles. The largest absolute Gasteiger partial charge is 0.350 e. The Morgan fingerprint density at radius 3 is 2.95 bits per heavy atom. The highest BCUT2D eigenvalue weighted by molar-refractivity contribution is 7.99. The lowest BCUT2D eigenvalue weighted by Crippen LogP contribution is -3.10. The number of benzene rings is 1. The molecule has 6 heteroatoms. The number of H-pyrrole nitrogens is 1. The zero-order valence-corrected chi connectivity index (χ0v) is 12.8. The van der Waals surface area contributed by atoms with Gasteiger partial charge < -0.3 is 15.2 Å². The number of nitrogens with one attached hydrogen (secondary N) is 3. The van der Waals surface area contributed by atoms with Crippen LogP contribution in [0.5, 0.6) is 0 Å². The van der Waals surface area contributed by atoms with Crippen LogP contribution in [0.3, 0.4) is 0 Å². The van der Waals surface area contributed by atoms with Crippen LogP contribution < -0.4 is 10.2 Å². The third-order valence-corrected chi connectivity index (χ3v) is 4.69. The Labute approximate surface area is 128 Å². The molecule has 1 amide bonds. The predicted octanol–water partition coefficient (Wildman–Crippen LogP) is 0.450. The second kappa shape index (κ2) is 6.95. The van der Waals surface area contributed by atoms with E-state index < -0.39 is 0 Å². The molecular formula is C15H21N4OS+. The van der Waals surface area contributed by atoms with Crippen LogP contribution in [0, 0.1) is 0 Å². The molecule has 0 atom stereocenters. The first-order chi connectivity index (χ1) is 10.3. The van der Waals surface area contributed by atoms with Gasteiger partial charge in [-0.1, -0.05) is 23.9 Å². The summed E-state index contributed by atoms with van der Waals surface area (Å²) in [4.78, 5) is 21.1. The maximum absolute atomic E-state index is 11.8. The fourth-order valence-electron chi connectivity index (χ4n) is 2.69. The van der Waals surface area contributed by atoms with Crippen LogP contribution in [0.2, 0.25) is 0 Å². The lowest BCUT2D eigenvalue weighted by atomic mass is 10.3. The minimum atomic E-state index is 0.0825. The van der Waals surface area contributed by atoms with Crippen molar-refractivity contribution in [3.05, 3.63) is 24.3 Å². The monoisotopic (exact) mass is 305 g/mol. The summed E-state index contributed by atoms with van der Waals surface area (Å²) >= 11 is 1.45. The fraction of sp³-hybridized carbons (Fsp3) is 0.467. The van der Waals surface area contributed by atoms with Crippen molar-refractivity contribution in [3.63, 3.8) is 0 Å². The van der Waals surface area contributed by atoms with Crippen molar-refractivity contribution < 1.29 is 9.69 Å². The van der Waals surface area contributed by atoms with Gasteiger partial charge in [0.1, 0.15) is 0 Å². The van der Waals surface area contributed by atoms with Gasteiger partial charge in [0, 0.05) is 12.8 Å². The van der Waals surface area contributed by atoms with E-state index in [9.17, 15) is 4.79 Å². The van der Waals surface area contributed by atoms with E-state index in [1.54, 1.807) is 4.90 Å². The number of hydrogen-bond donors (Lipinski definition) is 3. The van der Waals surface area contributed by atoms with E-state index in [4.69, 9.17) is 0 Å². The van der Waals surface area contributed by atoms with Gasteiger partial charge in [0.15, 0.2) is 5.16 Å². The average Bonchev–Trinajstić information content (AvgIpc) is 3.13. The topological polar surface area (TPSA) is 62.2 Å². The lowest BCUT2D eigenvalue weighted by molar-refractivity contribution is -0.886. The Morgan fingerprint density at radius 2 is 2.14 bits per heavy atom. The number of aromatic nitrogens is 2. The van der Waals surface area contributed by atoms with E-state index in [-0.39, 0.29) is 5.91 Å². The van der Waals surface area contributed by atoms with E-state index in [0.717, 1.165) is 29.3 Å². The molecule has 1 aliphatic heterocycles. The maximum atomic E-state index is 11.8. The summed E-state index contributed by atoms with van der Waals surface area (Å²) in [5.41, 5.74) is 1.95. The molecule has 1 aromatic heterocycles. The third-order valence-electron chi connectivity index (χ3n) is 3.82. The minimum absolute atomic E-state index is 0.0825. The van der Waals surface area contributed by atoms with Crippen molar-refractivity contribution in [1.29, 1.82) is 0 Å². The maximum Gasteiger partial charge on any atom is 0.230 e. The van der Waals surface area contributed by atoms with Crippen molar-refractivity contribution in [1.82, 2.24) is 15.3 Å². The molecule has 0 radical (unpaired) electrons. The lowest BCUT2D eigenvalue weighted by Gasteiger charge is -2.12. The van der Waals surface area contributed by atoms with Gasteiger partial charge in [-0.05, 0) is 12.1 Å². The van der Waals surface area contributed by atoms with Crippen LogP contribution in [0.4, 0.5) is 0 Å². The second-order valence-electron chi connectivity index (χ2n) is 5.40. The number of nitrogens with zero attached hydrogens (tertiary/aromatic N) is 1. The SMILES string of the molecule is O=C(CSc1nc2ccccc2[nH]1)NCC[NH+]1CCCC1. The summed E-state index contributed by atoms with van der Waals surface area (Å²) < 4.78 is 0. The number of fused-ring (bicyclic) bond motifs is 1. The molecule has 2 heterocycles. The Bertz CT molecular complexity index is 573. The molecule has 3 rings (SSSR count). The number of rotatable bonds is 6. The van der Waals surface area contributed by atoms with Crippen molar-refractivity contribution in [2.45, 2.75) is 18.0 Å². The molecule has 1 aliphatic rings. The standard InChI is InChI=1S/C15H20N4OS/c20-14(16-7-10-19-8-3-4-9-19)11-21-15-17-12-5-1-2-6-13(12)18-15/h1-2,5-6H,3-4,7-11H2,(H,16,20)(H,17,18)/p+1. The highest BCUT2D eigenvalue weighted by Gasteiger charge is 2.14. The van der Waals surface area contributed by atoms with Crippen LogP contribution in [0.1, 0.15) is 12.8 Å². The zero-order valence-electron chi connectivity index (χ0n) is 12.0. The molecule has 1 saturated heterocycles. The molecule has 2 aromatic rings. The van der Waals surface area contributed by atoms with Gasteiger partial charge in [-0.2, -0.15) is 0 Å². The number of carbonyl (C=O) groups is 1. The number of imidazole rings is 1. The molecular weight excluding hydrogens is 284 g/mol. The Hall–Kier alpha value is -1.53. The van der Waals surface area contributed by atoms with Crippen LogP contribution in [-0.4, -0.2) is 47.8 Å². The molecule has 0 spiro atoms. The normalized spacial score (nSPS) is 15.6. The number of thioether (sulfide) groups is 1. The van der Waals surface area contributed by atoms with Crippen molar-refractivity contribution in [2.75, 3.05) is 31.9 Å². The Kier molecular flexibility index (Phi) is 4.77. The summed E-state index contributed by atoms with van der Waals surface area (Å²) in [7, 11) is 0. The van der Waals surface area contributed by atoms with Crippen molar-refractivity contribution in [3.8, 4) is 0 Å². The summed E-state index contributed by atoms with van der Waals surface area (Å²) in [6.45, 7) is 4.32. The first-order valence-corrected chi connectivity index (χ1v) is 8.47. The van der Waals surface area contributed by atoms with Crippen LogP contribution in [-0.2, 0) is 4.79 Å². The van der Waals surface area contributed by atoms with Gasteiger partial charge in [0.2, 0.25) is 5.91 Å². The highest BCUT2D eigenvalue weighted by atomic mass is 32.2. The van der Waals surface area contributed by atoms with Crippen molar-refractivity contribution >= 4 is 28.7 Å². The minimum Gasteiger partial charge on any atom is -0.350 e. The number of para-hydroxylation sites is 2. The molecule has 21 heavy (non-hydrogen) atoms. The van der Waals surface area contributed by atoms with Gasteiger partial charge in [-0.25, -0.2) is 4.98 Å². The summed E-state index contributed by atoms with van der Waals surface area (Å²) in [6.07, 6.45) is 2.65. The summed E-state index contributed by atoms with van der Waals surface area (Å²) in [6, 6.07) is 7.90. The number of quaternary nitrogens is 1. The van der Waals surface area contributed by atoms with E-state index in [0.29, 0.717) is 5.75 Å². The summed E-state index contributed by atoms with van der Waals surface area (Å²) in [5.74, 6) is 0.494. The number of likely N-dealkylation sites (tertiary alicyclic amines) is 1. The molecule has 1 fully saturated rings. The van der Waals surface area contributed by atoms with E-state index in [1.807, 2.05) is 24.3 Å². The Balaban J connectivity index is 1.40. The molecule has 0 saturated carbocycles. The molecule has 112 valence electrons. The van der Waals surface area contributed by atoms with E-state index >= 15 is 0 Å². The number of aromatic amines is 1. The van der Waals surface area contributed by atoms with Crippen LogP contribution in [0.15, 0.2) is 29.4 Å². The fourth-order valence-corrected chi connectivity index (χ4v) is 3.40. The average molecular weight is 305 g/mol. The molecule has 5 nitrogen and oxygen atoms in total. The van der Waals surface area contributed by atoms with E-state index in [1.165, 1.54) is 37.7 Å². The third kappa shape index (κ3) is 3.98. The number of hydrogen-bond acceptors (Lipinski definition) is 3. The van der Waals surface area contributed by atoms with Gasteiger partial charge in [-0.3, -0.25) is 4.79 Å². The number of carbonyl (C=O) groups excluding carboxylic acids is 1. The molecule has 0 unspecified atom stereocenters. The first-order valence-electron chi connectivity index (χ1n) is 7.49. The molecule has 1 aromatic carbocycles. The highest BCUT2D eigenvalue weighted by Crippen LogP contribution is 2.18. The van der Waals surface area contributed by atoms with E-state index in [2.05, 4.69) is 15.3 Å². The Morgan fingerprint density at radius 1 is 1.33 bits per heavy atom. The van der Waals surface area contributed by atoms with Gasteiger partial charge in [0.05, 0.1) is 43.0 Å². The van der Waals surface area contributed by atoms with Gasteiger partial charge in [0.25, 0.3) is 0 Å². The van der Waals surface area contributed by atoms with Crippen LogP contribution >= 0.6 is 11.8 Å². The molecule has 3 N–H and O–H groups in total. The smallest absolute Gasteiger partial charge is 0.230 e. The molecule has 0 bridgehead atoms.